The molecule has 0 unspecified atom stereocenters. The molecule has 1 aliphatic rings. The van der Waals surface area contributed by atoms with Crippen LogP contribution in [0.15, 0.2) is 23.1 Å². The molecule has 8 nitrogen and oxygen atoms in total. The van der Waals surface area contributed by atoms with Crippen LogP contribution in [0.3, 0.4) is 0 Å². The van der Waals surface area contributed by atoms with Gasteiger partial charge in [-0.1, -0.05) is 6.07 Å². The van der Waals surface area contributed by atoms with E-state index in [1.54, 1.807) is 58.1 Å². The van der Waals surface area contributed by atoms with Crippen LogP contribution in [-0.2, 0) is 14.8 Å². The summed E-state index contributed by atoms with van der Waals surface area (Å²) in [6, 6.07) is 5.14. The van der Waals surface area contributed by atoms with Crippen LogP contribution >= 0.6 is 11.3 Å². The van der Waals surface area contributed by atoms with Gasteiger partial charge in [0.15, 0.2) is 0 Å². The first-order chi connectivity index (χ1) is 15.7. The van der Waals surface area contributed by atoms with Gasteiger partial charge in [-0.05, 0) is 79.4 Å². The van der Waals surface area contributed by atoms with Crippen molar-refractivity contribution >= 4 is 33.1 Å². The topological polar surface area (TPSA) is 123 Å². The molecule has 1 aliphatic carbocycles. The van der Waals surface area contributed by atoms with Crippen molar-refractivity contribution in [2.45, 2.75) is 95.7 Å². The van der Waals surface area contributed by atoms with Crippen molar-refractivity contribution in [2.24, 2.45) is 5.73 Å². The molecule has 1 aromatic carbocycles. The standard InChI is InChI=1S/C24H36N4O4S2/c1-14(2)32-23(29)27-18-11-12-19(20(13-18)34(30,31)28-24(4,5)6)21-15(3)26-22(33-21)16-7-9-17(25)10-8-16/h11-14,16-17,28H,7-10,25H2,1-6H3,(H,27,29). The molecule has 2 aromatic rings. The molecule has 3 rings (SSSR count). The zero-order chi connectivity index (χ0) is 25.3. The van der Waals surface area contributed by atoms with E-state index in [1.807, 2.05) is 6.92 Å². The first kappa shape index (κ1) is 26.6. The summed E-state index contributed by atoms with van der Waals surface area (Å²) < 4.78 is 34.7. The van der Waals surface area contributed by atoms with Gasteiger partial charge in [0.25, 0.3) is 0 Å². The van der Waals surface area contributed by atoms with Crippen LogP contribution in [0.5, 0.6) is 0 Å². The van der Waals surface area contributed by atoms with Gasteiger partial charge in [-0.25, -0.2) is 22.9 Å². The highest BCUT2D eigenvalue weighted by atomic mass is 32.2. The zero-order valence-corrected chi connectivity index (χ0v) is 22.4. The number of amides is 1. The summed E-state index contributed by atoms with van der Waals surface area (Å²) in [5.41, 5.74) is 7.09. The molecular formula is C24H36N4O4S2. The molecule has 1 amide bonds. The van der Waals surface area contributed by atoms with Crippen molar-refractivity contribution in [3.8, 4) is 10.4 Å². The Hall–Kier alpha value is -2.01. The average molecular weight is 509 g/mol. The molecule has 0 radical (unpaired) electrons. The number of nitrogens with two attached hydrogens (primary N) is 1. The fourth-order valence-corrected chi connectivity index (χ4v) is 7.04. The van der Waals surface area contributed by atoms with Crippen molar-refractivity contribution in [2.75, 3.05) is 5.32 Å². The van der Waals surface area contributed by atoms with Gasteiger partial charge in [-0.3, -0.25) is 5.32 Å². The lowest BCUT2D eigenvalue weighted by Gasteiger charge is -2.24. The van der Waals surface area contributed by atoms with Crippen molar-refractivity contribution in [3.63, 3.8) is 0 Å². The Morgan fingerprint density at radius 1 is 1.21 bits per heavy atom. The molecule has 0 atom stereocenters. The Kier molecular flexibility index (Phi) is 8.07. The van der Waals surface area contributed by atoms with Gasteiger partial charge in [-0.15, -0.1) is 11.3 Å². The summed E-state index contributed by atoms with van der Waals surface area (Å²) in [5.74, 6) is 0.344. The molecule has 10 heteroatoms. The number of rotatable bonds is 6. The molecular weight excluding hydrogens is 472 g/mol. The van der Waals surface area contributed by atoms with E-state index in [4.69, 9.17) is 15.5 Å². The number of carbonyl (C=O) groups is 1. The number of hydrogen-bond donors (Lipinski definition) is 3. The third-order valence-electron chi connectivity index (χ3n) is 5.48. The zero-order valence-electron chi connectivity index (χ0n) is 20.8. The Balaban J connectivity index is 2.03. The number of nitrogens with zero attached hydrogens (tertiary/aromatic N) is 1. The molecule has 0 bridgehead atoms. The summed E-state index contributed by atoms with van der Waals surface area (Å²) in [6.07, 6.45) is 3.00. The van der Waals surface area contributed by atoms with E-state index in [9.17, 15) is 13.2 Å². The molecule has 34 heavy (non-hydrogen) atoms. The van der Waals surface area contributed by atoms with E-state index in [-0.39, 0.29) is 17.0 Å². The number of carbonyl (C=O) groups excluding carboxylic acids is 1. The Bertz CT molecular complexity index is 1130. The number of sulfonamides is 1. The maximum Gasteiger partial charge on any atom is 0.411 e. The number of aromatic nitrogens is 1. The predicted molar refractivity (Wildman–Crippen MR) is 137 cm³/mol. The van der Waals surface area contributed by atoms with Crippen molar-refractivity contribution in [3.05, 3.63) is 28.9 Å². The number of nitrogens with one attached hydrogen (secondary N) is 2. The van der Waals surface area contributed by atoms with E-state index < -0.39 is 21.7 Å². The maximum absolute atomic E-state index is 13.4. The molecule has 1 saturated carbocycles. The Morgan fingerprint density at radius 2 is 1.85 bits per heavy atom. The first-order valence-corrected chi connectivity index (χ1v) is 13.9. The monoisotopic (exact) mass is 508 g/mol. The molecule has 0 aliphatic heterocycles. The second-order valence-corrected chi connectivity index (χ2v) is 12.9. The van der Waals surface area contributed by atoms with Crippen LogP contribution in [0.4, 0.5) is 10.5 Å². The molecule has 4 N–H and O–H groups in total. The van der Waals surface area contributed by atoms with Crippen LogP contribution in [0, 0.1) is 6.92 Å². The Morgan fingerprint density at radius 3 is 2.44 bits per heavy atom. The molecule has 0 saturated heterocycles. The molecule has 1 fully saturated rings. The van der Waals surface area contributed by atoms with Crippen molar-refractivity contribution in [1.29, 1.82) is 0 Å². The Labute approximate surface area is 206 Å². The van der Waals surface area contributed by atoms with Gasteiger partial charge < -0.3 is 10.5 Å². The minimum Gasteiger partial charge on any atom is -0.447 e. The van der Waals surface area contributed by atoms with Crippen LogP contribution in [0.1, 0.15) is 76.9 Å². The summed E-state index contributed by atoms with van der Waals surface area (Å²) in [5, 5.41) is 3.65. The summed E-state index contributed by atoms with van der Waals surface area (Å²) in [4.78, 5) is 17.8. The quantitative estimate of drug-likeness (QED) is 0.497. The first-order valence-electron chi connectivity index (χ1n) is 11.6. The fourth-order valence-electron chi connectivity index (χ4n) is 4.04. The highest BCUT2D eigenvalue weighted by Gasteiger charge is 2.29. The van der Waals surface area contributed by atoms with E-state index in [0.717, 1.165) is 41.3 Å². The van der Waals surface area contributed by atoms with E-state index in [1.165, 1.54) is 6.07 Å². The van der Waals surface area contributed by atoms with E-state index in [0.29, 0.717) is 17.2 Å². The highest BCUT2D eigenvalue weighted by Crippen LogP contribution is 2.41. The minimum atomic E-state index is -3.90. The molecule has 1 heterocycles. The van der Waals surface area contributed by atoms with Gasteiger partial charge in [0.1, 0.15) is 0 Å². The van der Waals surface area contributed by atoms with Gasteiger partial charge in [0, 0.05) is 28.7 Å². The number of hydrogen-bond acceptors (Lipinski definition) is 7. The molecule has 0 spiro atoms. The number of benzene rings is 1. The van der Waals surface area contributed by atoms with Crippen LogP contribution in [0.2, 0.25) is 0 Å². The van der Waals surface area contributed by atoms with Gasteiger partial charge in [0.2, 0.25) is 10.0 Å². The SMILES string of the molecule is Cc1nc(C2CCC(N)CC2)sc1-c1ccc(NC(=O)OC(C)C)cc1S(=O)(=O)NC(C)(C)C. The number of anilines is 1. The van der Waals surface area contributed by atoms with Crippen LogP contribution in [-0.4, -0.2) is 37.2 Å². The van der Waals surface area contributed by atoms with E-state index >= 15 is 0 Å². The van der Waals surface area contributed by atoms with Crippen LogP contribution < -0.4 is 15.8 Å². The average Bonchev–Trinajstić information content (AvgIpc) is 3.07. The van der Waals surface area contributed by atoms with E-state index in [2.05, 4.69) is 10.0 Å². The van der Waals surface area contributed by atoms with Gasteiger partial charge >= 0.3 is 6.09 Å². The lowest BCUT2D eigenvalue weighted by Crippen LogP contribution is -2.40. The fraction of sp³-hybridized carbons (Fsp3) is 0.583. The number of aryl methyl sites for hydroxylation is 1. The van der Waals surface area contributed by atoms with Gasteiger partial charge in [0.05, 0.1) is 26.6 Å². The number of ether oxygens (including phenoxy) is 1. The summed E-state index contributed by atoms with van der Waals surface area (Å²) >= 11 is 1.54. The summed E-state index contributed by atoms with van der Waals surface area (Å²) in [7, 11) is -3.90. The molecule has 188 valence electrons. The smallest absolute Gasteiger partial charge is 0.411 e. The second kappa shape index (κ2) is 10.3. The lowest BCUT2D eigenvalue weighted by atomic mass is 9.87. The predicted octanol–water partition coefficient (Wildman–Crippen LogP) is 5.14. The third-order valence-corrected chi connectivity index (χ3v) is 8.63. The summed E-state index contributed by atoms with van der Waals surface area (Å²) in [6.45, 7) is 10.8. The number of thiazole rings is 1. The molecule has 1 aromatic heterocycles. The maximum atomic E-state index is 13.4. The lowest BCUT2D eigenvalue weighted by molar-refractivity contribution is 0.130. The normalized spacial score (nSPS) is 19.3. The largest absolute Gasteiger partial charge is 0.447 e. The minimum absolute atomic E-state index is 0.0914. The van der Waals surface area contributed by atoms with Gasteiger partial charge in [-0.2, -0.15) is 0 Å². The highest BCUT2D eigenvalue weighted by molar-refractivity contribution is 7.89. The van der Waals surface area contributed by atoms with Crippen molar-refractivity contribution in [1.82, 2.24) is 9.71 Å². The second-order valence-electron chi connectivity index (χ2n) is 10.2. The third kappa shape index (κ3) is 6.78. The van der Waals surface area contributed by atoms with Crippen LogP contribution in [0.25, 0.3) is 10.4 Å². The van der Waals surface area contributed by atoms with Crippen molar-refractivity contribution < 1.29 is 17.9 Å².